The predicted molar refractivity (Wildman–Crippen MR) is 80.9 cm³/mol. The molecule has 5 nitrogen and oxygen atoms in total. The summed E-state index contributed by atoms with van der Waals surface area (Å²) in [4.78, 5) is 26.1. The van der Waals surface area contributed by atoms with Crippen LogP contribution >= 0.6 is 0 Å². The fourth-order valence-electron chi connectivity index (χ4n) is 2.80. The zero-order valence-electron chi connectivity index (χ0n) is 12.4. The highest BCUT2D eigenvalue weighted by molar-refractivity contribution is 5.94. The molecule has 1 aromatic rings. The van der Waals surface area contributed by atoms with E-state index in [-0.39, 0.29) is 23.8 Å². The Bertz CT molecular complexity index is 606. The number of hydrogen-bond donors (Lipinski definition) is 1. The summed E-state index contributed by atoms with van der Waals surface area (Å²) >= 11 is 0. The van der Waals surface area contributed by atoms with E-state index < -0.39 is 0 Å². The molecule has 22 heavy (non-hydrogen) atoms. The summed E-state index contributed by atoms with van der Waals surface area (Å²) < 4.78 is 0. The summed E-state index contributed by atoms with van der Waals surface area (Å²) in [5, 5.41) is 11.8. The van der Waals surface area contributed by atoms with E-state index in [0.717, 1.165) is 38.8 Å². The minimum atomic E-state index is -0.114. The minimum Gasteiger partial charge on any atom is -0.349 e. The first-order valence-corrected chi connectivity index (χ1v) is 7.77. The van der Waals surface area contributed by atoms with Gasteiger partial charge in [-0.15, -0.1) is 0 Å². The van der Waals surface area contributed by atoms with E-state index in [9.17, 15) is 9.59 Å². The lowest BCUT2D eigenvalue weighted by Crippen LogP contribution is -2.47. The smallest absolute Gasteiger partial charge is 0.251 e. The van der Waals surface area contributed by atoms with E-state index in [1.807, 2.05) is 11.0 Å². The summed E-state index contributed by atoms with van der Waals surface area (Å²) in [6, 6.07) is 8.77. The molecule has 3 rings (SSSR count). The summed E-state index contributed by atoms with van der Waals surface area (Å²) in [5.74, 6) is 0.443. The van der Waals surface area contributed by atoms with E-state index in [1.165, 1.54) is 0 Å². The van der Waals surface area contributed by atoms with Crippen LogP contribution in [-0.2, 0) is 4.79 Å². The maximum Gasteiger partial charge on any atom is 0.251 e. The van der Waals surface area contributed by atoms with Gasteiger partial charge in [-0.1, -0.05) is 0 Å². The third-order valence-corrected chi connectivity index (χ3v) is 4.34. The summed E-state index contributed by atoms with van der Waals surface area (Å²) in [6.07, 6.45) is 3.68. The number of carbonyl (C=O) groups is 2. The average Bonchev–Trinajstić information content (AvgIpc) is 3.40. The highest BCUT2D eigenvalue weighted by atomic mass is 16.2. The molecule has 0 radical (unpaired) electrons. The second kappa shape index (κ2) is 6.18. The van der Waals surface area contributed by atoms with Gasteiger partial charge in [0.25, 0.3) is 5.91 Å². The van der Waals surface area contributed by atoms with Crippen LogP contribution in [0.4, 0.5) is 0 Å². The maximum absolute atomic E-state index is 12.2. The van der Waals surface area contributed by atoms with Crippen LogP contribution in [0.15, 0.2) is 24.3 Å². The molecule has 1 aliphatic carbocycles. The first-order chi connectivity index (χ1) is 10.7. The van der Waals surface area contributed by atoms with Crippen LogP contribution in [-0.4, -0.2) is 35.8 Å². The van der Waals surface area contributed by atoms with Gasteiger partial charge >= 0.3 is 0 Å². The van der Waals surface area contributed by atoms with Crippen LogP contribution < -0.4 is 5.32 Å². The molecule has 5 heteroatoms. The molecular formula is C17H19N3O2. The second-order valence-electron chi connectivity index (χ2n) is 6.04. The van der Waals surface area contributed by atoms with E-state index in [0.29, 0.717) is 11.1 Å². The Morgan fingerprint density at radius 2 is 1.73 bits per heavy atom. The van der Waals surface area contributed by atoms with Crippen molar-refractivity contribution in [1.29, 1.82) is 5.26 Å². The van der Waals surface area contributed by atoms with Gasteiger partial charge in [0.05, 0.1) is 11.6 Å². The number of likely N-dealkylation sites (tertiary alicyclic amines) is 1. The molecule has 0 atom stereocenters. The van der Waals surface area contributed by atoms with E-state index in [1.54, 1.807) is 24.3 Å². The lowest BCUT2D eigenvalue weighted by Gasteiger charge is -2.32. The Labute approximate surface area is 129 Å². The first-order valence-electron chi connectivity index (χ1n) is 7.77. The molecule has 2 fully saturated rings. The summed E-state index contributed by atoms with van der Waals surface area (Å²) in [7, 11) is 0. The van der Waals surface area contributed by atoms with Gasteiger partial charge < -0.3 is 10.2 Å². The SMILES string of the molecule is N#Cc1ccc(C(=O)NC2CCN(C(=O)C3CC3)CC2)cc1. The highest BCUT2D eigenvalue weighted by Gasteiger charge is 2.35. The van der Waals surface area contributed by atoms with Crippen molar-refractivity contribution >= 4 is 11.8 Å². The fraction of sp³-hybridized carbons (Fsp3) is 0.471. The second-order valence-corrected chi connectivity index (χ2v) is 6.04. The van der Waals surface area contributed by atoms with Gasteiger partial charge in [0.15, 0.2) is 0 Å². The van der Waals surface area contributed by atoms with Gasteiger partial charge in [-0.05, 0) is 49.9 Å². The molecule has 1 saturated carbocycles. The van der Waals surface area contributed by atoms with Crippen molar-refractivity contribution in [2.24, 2.45) is 5.92 Å². The molecule has 0 spiro atoms. The predicted octanol–water partition coefficient (Wildman–Crippen LogP) is 1.69. The van der Waals surface area contributed by atoms with Crippen molar-refractivity contribution in [2.45, 2.75) is 31.7 Å². The van der Waals surface area contributed by atoms with Crippen LogP contribution in [0.1, 0.15) is 41.6 Å². The normalized spacial score (nSPS) is 18.6. The number of nitrogens with zero attached hydrogens (tertiary/aromatic N) is 2. The molecule has 0 bridgehead atoms. The van der Waals surface area contributed by atoms with Gasteiger partial charge in [-0.25, -0.2) is 0 Å². The molecule has 1 aliphatic heterocycles. The van der Waals surface area contributed by atoms with E-state index >= 15 is 0 Å². The number of amides is 2. The zero-order chi connectivity index (χ0) is 15.5. The van der Waals surface area contributed by atoms with Crippen LogP contribution in [0, 0.1) is 17.2 Å². The van der Waals surface area contributed by atoms with Crippen molar-refractivity contribution in [3.8, 4) is 6.07 Å². The van der Waals surface area contributed by atoms with Crippen LogP contribution in [0.3, 0.4) is 0 Å². The molecular weight excluding hydrogens is 278 g/mol. The van der Waals surface area contributed by atoms with E-state index in [2.05, 4.69) is 5.32 Å². The Morgan fingerprint density at radius 1 is 1.09 bits per heavy atom. The lowest BCUT2D eigenvalue weighted by atomic mass is 10.0. The number of benzene rings is 1. The highest BCUT2D eigenvalue weighted by Crippen LogP contribution is 2.31. The van der Waals surface area contributed by atoms with E-state index in [4.69, 9.17) is 5.26 Å². The Balaban J connectivity index is 1.50. The van der Waals surface area contributed by atoms with Crippen molar-refractivity contribution in [2.75, 3.05) is 13.1 Å². The van der Waals surface area contributed by atoms with Gasteiger partial charge in [0.2, 0.25) is 5.91 Å². The third-order valence-electron chi connectivity index (χ3n) is 4.34. The lowest BCUT2D eigenvalue weighted by molar-refractivity contribution is -0.133. The van der Waals surface area contributed by atoms with Gasteiger partial charge in [-0.2, -0.15) is 5.26 Å². The number of nitrogens with one attached hydrogen (secondary N) is 1. The molecule has 0 aromatic heterocycles. The number of hydrogen-bond acceptors (Lipinski definition) is 3. The molecule has 1 saturated heterocycles. The van der Waals surface area contributed by atoms with Gasteiger partial charge in [0, 0.05) is 30.6 Å². The molecule has 2 aliphatic rings. The molecule has 1 aromatic carbocycles. The number of rotatable bonds is 3. The van der Waals surface area contributed by atoms with Crippen molar-refractivity contribution in [3.63, 3.8) is 0 Å². The maximum atomic E-state index is 12.2. The van der Waals surface area contributed by atoms with Crippen LogP contribution in [0.5, 0.6) is 0 Å². The largest absolute Gasteiger partial charge is 0.349 e. The van der Waals surface area contributed by atoms with Crippen LogP contribution in [0.25, 0.3) is 0 Å². The molecule has 1 heterocycles. The first kappa shape index (κ1) is 14.6. The fourth-order valence-corrected chi connectivity index (χ4v) is 2.80. The van der Waals surface area contributed by atoms with Gasteiger partial charge in [0.1, 0.15) is 0 Å². The number of piperidine rings is 1. The topological polar surface area (TPSA) is 73.2 Å². The molecule has 0 unspecified atom stereocenters. The molecule has 114 valence electrons. The average molecular weight is 297 g/mol. The quantitative estimate of drug-likeness (QED) is 0.922. The number of carbonyl (C=O) groups excluding carboxylic acids is 2. The molecule has 2 amide bonds. The summed E-state index contributed by atoms with van der Waals surface area (Å²) in [6.45, 7) is 1.46. The standard InChI is InChI=1S/C17H19N3O2/c18-11-12-1-3-13(4-2-12)16(21)19-15-7-9-20(10-8-15)17(22)14-5-6-14/h1-4,14-15H,5-10H2,(H,19,21). The Morgan fingerprint density at radius 3 is 2.27 bits per heavy atom. The van der Waals surface area contributed by atoms with Gasteiger partial charge in [-0.3, -0.25) is 9.59 Å². The molecule has 1 N–H and O–H groups in total. The minimum absolute atomic E-state index is 0.114. The summed E-state index contributed by atoms with van der Waals surface area (Å²) in [5.41, 5.74) is 1.11. The Kier molecular flexibility index (Phi) is 4.10. The van der Waals surface area contributed by atoms with Crippen LogP contribution in [0.2, 0.25) is 0 Å². The zero-order valence-corrected chi connectivity index (χ0v) is 12.4. The van der Waals surface area contributed by atoms with Crippen molar-refractivity contribution < 1.29 is 9.59 Å². The monoisotopic (exact) mass is 297 g/mol. The Hall–Kier alpha value is -2.35. The van der Waals surface area contributed by atoms with Crippen molar-refractivity contribution in [1.82, 2.24) is 10.2 Å². The number of nitriles is 1. The third kappa shape index (κ3) is 3.28. The van der Waals surface area contributed by atoms with Crippen molar-refractivity contribution in [3.05, 3.63) is 35.4 Å².